The summed E-state index contributed by atoms with van der Waals surface area (Å²) in [7, 11) is 0. The van der Waals surface area contributed by atoms with Gasteiger partial charge in [0.1, 0.15) is 0 Å². The molecule has 0 aromatic heterocycles. The molecule has 0 spiro atoms. The lowest BCUT2D eigenvalue weighted by molar-refractivity contribution is 0.200. The van der Waals surface area contributed by atoms with E-state index in [1.54, 1.807) is 0 Å². The van der Waals surface area contributed by atoms with Crippen LogP contribution in [0.5, 0.6) is 0 Å². The van der Waals surface area contributed by atoms with Crippen molar-refractivity contribution in [2.75, 3.05) is 11.5 Å². The lowest BCUT2D eigenvalue weighted by Crippen LogP contribution is -2.34. The first-order valence-corrected chi connectivity index (χ1v) is 9.85. The second-order valence-electron chi connectivity index (χ2n) is 6.84. The van der Waals surface area contributed by atoms with Crippen LogP contribution >= 0.6 is 0 Å². The zero-order valence-corrected chi connectivity index (χ0v) is 16.5. The number of nitrogens with zero attached hydrogens (tertiary/aromatic N) is 1. The van der Waals surface area contributed by atoms with Crippen LogP contribution in [0.2, 0.25) is 0 Å². The highest BCUT2D eigenvalue weighted by atomic mass is 16.4. The first kappa shape index (κ1) is 20.6. The summed E-state index contributed by atoms with van der Waals surface area (Å²) in [4.78, 5) is 13.9. The molecule has 0 aliphatic carbocycles. The second kappa shape index (κ2) is 9.89. The van der Waals surface area contributed by atoms with Gasteiger partial charge in [-0.3, -0.25) is 4.90 Å². The van der Waals surface area contributed by atoms with E-state index in [1.807, 2.05) is 92.2 Å². The zero-order valence-electron chi connectivity index (χ0n) is 16.5. The molecular formula is C25H26NO3. The highest BCUT2D eigenvalue weighted by Gasteiger charge is 2.28. The lowest BCUT2D eigenvalue weighted by atomic mass is 9.96. The largest absolute Gasteiger partial charge is 0.465 e. The number of carbonyl (C=O) groups is 1. The van der Waals surface area contributed by atoms with Crippen molar-refractivity contribution in [1.82, 2.24) is 0 Å². The van der Waals surface area contributed by atoms with Crippen LogP contribution in [0.1, 0.15) is 30.5 Å². The smallest absolute Gasteiger partial charge is 0.412 e. The molecule has 0 saturated heterocycles. The summed E-state index contributed by atoms with van der Waals surface area (Å²) < 4.78 is 0. The Morgan fingerprint density at radius 3 is 2.24 bits per heavy atom. The van der Waals surface area contributed by atoms with Crippen LogP contribution in [0.3, 0.4) is 0 Å². The summed E-state index contributed by atoms with van der Waals surface area (Å²) in [6.45, 7) is 2.10. The fourth-order valence-electron chi connectivity index (χ4n) is 3.54. The molecule has 0 fully saturated rings. The van der Waals surface area contributed by atoms with Crippen LogP contribution in [-0.2, 0) is 6.42 Å². The van der Waals surface area contributed by atoms with E-state index in [2.05, 4.69) is 0 Å². The third kappa shape index (κ3) is 4.84. The fourth-order valence-corrected chi connectivity index (χ4v) is 3.54. The average Bonchev–Trinajstić information content (AvgIpc) is 2.75. The van der Waals surface area contributed by atoms with Crippen LogP contribution in [0.25, 0.3) is 11.1 Å². The van der Waals surface area contributed by atoms with Gasteiger partial charge in [0, 0.05) is 12.2 Å². The normalized spacial score (nSPS) is 11.8. The molecule has 0 bridgehead atoms. The molecule has 3 aromatic carbocycles. The predicted octanol–water partition coefficient (Wildman–Crippen LogP) is 5.73. The predicted molar refractivity (Wildman–Crippen MR) is 117 cm³/mol. The van der Waals surface area contributed by atoms with Crippen LogP contribution in [-0.4, -0.2) is 22.9 Å². The maximum Gasteiger partial charge on any atom is 0.412 e. The molecule has 2 N–H and O–H groups in total. The van der Waals surface area contributed by atoms with Crippen molar-refractivity contribution >= 4 is 11.8 Å². The summed E-state index contributed by atoms with van der Waals surface area (Å²) in [5.74, 6) is 0. The fraction of sp³-hybridized carbons (Fsp3) is 0.200. The standard InChI is InChI=1S/C25H26NO3/c1-2-8-23(21-15-13-19(14-16-21)17-18-27)26(25(28)29)24-12-7-6-11-22(24)20-9-4-3-5-10-20/h3-16,23,27H,2,17-18H2,1H3,(H,28,29). The minimum atomic E-state index is -0.998. The third-order valence-corrected chi connectivity index (χ3v) is 4.91. The maximum absolute atomic E-state index is 12.4. The Bertz CT molecular complexity index is 922. The van der Waals surface area contributed by atoms with Crippen LogP contribution in [0.4, 0.5) is 10.5 Å². The molecule has 4 nitrogen and oxygen atoms in total. The Hall–Kier alpha value is -3.11. The van der Waals surface area contributed by atoms with Crippen molar-refractivity contribution < 1.29 is 15.0 Å². The number of aliphatic hydroxyl groups is 1. The molecule has 1 amide bonds. The molecule has 0 saturated carbocycles. The quantitative estimate of drug-likeness (QED) is 0.518. The Kier molecular flexibility index (Phi) is 7.04. The number of hydrogen-bond acceptors (Lipinski definition) is 2. The molecule has 0 aliphatic heterocycles. The van der Waals surface area contributed by atoms with Gasteiger partial charge in [0.25, 0.3) is 0 Å². The summed E-state index contributed by atoms with van der Waals surface area (Å²) in [6.07, 6.45) is 2.33. The van der Waals surface area contributed by atoms with Crippen molar-refractivity contribution in [3.63, 3.8) is 0 Å². The van der Waals surface area contributed by atoms with Gasteiger partial charge < -0.3 is 10.2 Å². The van der Waals surface area contributed by atoms with Crippen LogP contribution in [0.15, 0.2) is 78.9 Å². The van der Waals surface area contributed by atoms with Gasteiger partial charge in [0.2, 0.25) is 0 Å². The Morgan fingerprint density at radius 2 is 1.62 bits per heavy atom. The molecule has 3 rings (SSSR count). The van der Waals surface area contributed by atoms with Gasteiger partial charge in [-0.2, -0.15) is 0 Å². The number of anilines is 1. The molecule has 1 radical (unpaired) electrons. The third-order valence-electron chi connectivity index (χ3n) is 4.91. The highest BCUT2D eigenvalue weighted by molar-refractivity contribution is 5.93. The summed E-state index contributed by atoms with van der Waals surface area (Å²) in [6, 6.07) is 24.8. The van der Waals surface area contributed by atoms with Crippen molar-refractivity contribution in [2.45, 2.75) is 25.8 Å². The number of aliphatic hydroxyl groups excluding tert-OH is 1. The van der Waals surface area contributed by atoms with Gasteiger partial charge in [-0.05, 0) is 35.6 Å². The van der Waals surface area contributed by atoms with E-state index in [4.69, 9.17) is 5.11 Å². The topological polar surface area (TPSA) is 60.8 Å². The zero-order chi connectivity index (χ0) is 20.6. The highest BCUT2D eigenvalue weighted by Crippen LogP contribution is 2.37. The number of carboxylic acid groups (broad SMARTS) is 1. The van der Waals surface area contributed by atoms with Crippen LogP contribution < -0.4 is 4.90 Å². The molecule has 29 heavy (non-hydrogen) atoms. The van der Waals surface area contributed by atoms with Crippen molar-refractivity contribution in [1.29, 1.82) is 0 Å². The molecule has 0 heterocycles. The van der Waals surface area contributed by atoms with E-state index < -0.39 is 12.1 Å². The number of rotatable bonds is 8. The van der Waals surface area contributed by atoms with E-state index in [-0.39, 0.29) is 6.61 Å². The minimum Gasteiger partial charge on any atom is -0.465 e. The number of hydrogen-bond donors (Lipinski definition) is 2. The summed E-state index contributed by atoms with van der Waals surface area (Å²) in [5.41, 5.74) is 4.43. The van der Waals surface area contributed by atoms with Crippen LogP contribution in [0, 0.1) is 6.42 Å². The Morgan fingerprint density at radius 1 is 0.966 bits per heavy atom. The molecule has 149 valence electrons. The average molecular weight is 388 g/mol. The molecule has 4 heteroatoms. The Labute approximate surface area is 172 Å². The molecule has 0 aliphatic rings. The van der Waals surface area contributed by atoms with Gasteiger partial charge >= 0.3 is 6.09 Å². The Balaban J connectivity index is 2.07. The van der Waals surface area contributed by atoms with E-state index in [9.17, 15) is 9.90 Å². The molecule has 1 unspecified atom stereocenters. The van der Waals surface area contributed by atoms with Gasteiger partial charge in [0.15, 0.2) is 0 Å². The minimum absolute atomic E-state index is 0.0928. The van der Waals surface area contributed by atoms with Gasteiger partial charge in [0.05, 0.1) is 11.7 Å². The summed E-state index contributed by atoms with van der Waals surface area (Å²) >= 11 is 0. The van der Waals surface area contributed by atoms with Crippen molar-refractivity contribution in [3.05, 3.63) is 96.4 Å². The molecule has 3 aromatic rings. The first-order valence-electron chi connectivity index (χ1n) is 9.85. The number of amides is 1. The first-order chi connectivity index (χ1) is 14.2. The SMILES string of the molecule is CC[CH]C(c1ccc(CCO)cc1)N(C(=O)O)c1ccccc1-c1ccccc1. The number of para-hydroxylation sites is 1. The van der Waals surface area contributed by atoms with E-state index in [0.29, 0.717) is 12.1 Å². The maximum atomic E-state index is 12.4. The monoisotopic (exact) mass is 388 g/mol. The molecule has 1 atom stereocenters. The van der Waals surface area contributed by atoms with Gasteiger partial charge in [-0.25, -0.2) is 4.79 Å². The second-order valence-corrected chi connectivity index (χ2v) is 6.84. The van der Waals surface area contributed by atoms with Gasteiger partial charge in [-0.15, -0.1) is 0 Å². The van der Waals surface area contributed by atoms with Gasteiger partial charge in [-0.1, -0.05) is 86.1 Å². The van der Waals surface area contributed by atoms with E-state index >= 15 is 0 Å². The summed E-state index contributed by atoms with van der Waals surface area (Å²) in [5, 5.41) is 19.3. The van der Waals surface area contributed by atoms with Crippen molar-refractivity contribution in [3.8, 4) is 11.1 Å². The molecular weight excluding hydrogens is 362 g/mol. The number of benzene rings is 3. The lowest BCUT2D eigenvalue weighted by Gasteiger charge is -2.31. The van der Waals surface area contributed by atoms with Crippen molar-refractivity contribution in [2.24, 2.45) is 0 Å². The van der Waals surface area contributed by atoms with E-state index in [1.165, 1.54) is 4.90 Å². The van der Waals surface area contributed by atoms with E-state index in [0.717, 1.165) is 28.7 Å².